The van der Waals surface area contributed by atoms with E-state index in [-0.39, 0.29) is 6.04 Å². The second kappa shape index (κ2) is 3.88. The smallest absolute Gasteiger partial charge is 0.174 e. The van der Waals surface area contributed by atoms with Gasteiger partial charge in [-0.2, -0.15) is 0 Å². The van der Waals surface area contributed by atoms with Crippen molar-refractivity contribution in [2.75, 3.05) is 0 Å². The molecule has 0 saturated carbocycles. The van der Waals surface area contributed by atoms with E-state index in [1.165, 1.54) is 4.88 Å². The molecule has 2 aromatic heterocycles. The van der Waals surface area contributed by atoms with Crippen LogP contribution in [0.1, 0.15) is 22.0 Å². The van der Waals surface area contributed by atoms with E-state index in [4.69, 9.17) is 10.2 Å². The van der Waals surface area contributed by atoms with Crippen molar-refractivity contribution in [3.05, 3.63) is 44.4 Å². The Morgan fingerprint density at radius 1 is 1.57 bits per heavy atom. The molecular formula is C10H10BrNOS. The Morgan fingerprint density at radius 2 is 2.36 bits per heavy atom. The standard InChI is InChI=1S/C10H10BrNOS/c1-6-4-7(5-14-6)9(12)8-2-3-13-10(8)11/h2-5,9H,12H2,1H3. The number of hydrogen-bond acceptors (Lipinski definition) is 3. The van der Waals surface area contributed by atoms with Crippen LogP contribution < -0.4 is 5.73 Å². The van der Waals surface area contributed by atoms with Gasteiger partial charge in [0.1, 0.15) is 0 Å². The van der Waals surface area contributed by atoms with Gasteiger partial charge in [0.25, 0.3) is 0 Å². The number of aryl methyl sites for hydroxylation is 1. The molecule has 0 radical (unpaired) electrons. The van der Waals surface area contributed by atoms with Crippen molar-refractivity contribution in [3.63, 3.8) is 0 Å². The van der Waals surface area contributed by atoms with Crippen LogP contribution >= 0.6 is 27.3 Å². The van der Waals surface area contributed by atoms with E-state index < -0.39 is 0 Å². The van der Waals surface area contributed by atoms with Crippen LogP contribution in [-0.4, -0.2) is 0 Å². The molecule has 0 aliphatic heterocycles. The monoisotopic (exact) mass is 271 g/mol. The van der Waals surface area contributed by atoms with Crippen LogP contribution in [0.5, 0.6) is 0 Å². The first-order valence-corrected chi connectivity index (χ1v) is 5.89. The number of hydrogen-bond donors (Lipinski definition) is 1. The lowest BCUT2D eigenvalue weighted by molar-refractivity contribution is 0.535. The molecule has 2 nitrogen and oxygen atoms in total. The third-order valence-corrected chi connectivity index (χ3v) is 3.62. The zero-order valence-electron chi connectivity index (χ0n) is 7.66. The highest BCUT2D eigenvalue weighted by molar-refractivity contribution is 9.10. The summed E-state index contributed by atoms with van der Waals surface area (Å²) in [4.78, 5) is 1.27. The van der Waals surface area contributed by atoms with Gasteiger partial charge >= 0.3 is 0 Å². The van der Waals surface area contributed by atoms with Crippen LogP contribution in [0, 0.1) is 6.92 Å². The lowest BCUT2D eigenvalue weighted by Gasteiger charge is -2.07. The fraction of sp³-hybridized carbons (Fsp3) is 0.200. The first kappa shape index (κ1) is 9.96. The van der Waals surface area contributed by atoms with Gasteiger partial charge in [-0.25, -0.2) is 0 Å². The maximum absolute atomic E-state index is 6.09. The van der Waals surface area contributed by atoms with E-state index in [9.17, 15) is 0 Å². The van der Waals surface area contributed by atoms with Crippen LogP contribution in [0.15, 0.2) is 32.9 Å². The normalized spacial score (nSPS) is 13.1. The maximum Gasteiger partial charge on any atom is 0.174 e. The Kier molecular flexibility index (Phi) is 2.76. The minimum atomic E-state index is -0.104. The second-order valence-corrected chi connectivity index (χ2v) is 4.95. The number of thiophene rings is 1. The minimum Gasteiger partial charge on any atom is -0.457 e. The second-order valence-electron chi connectivity index (χ2n) is 3.12. The van der Waals surface area contributed by atoms with Crippen molar-refractivity contribution in [2.45, 2.75) is 13.0 Å². The van der Waals surface area contributed by atoms with Gasteiger partial charge in [0.2, 0.25) is 0 Å². The summed E-state index contributed by atoms with van der Waals surface area (Å²) in [6, 6.07) is 3.89. The van der Waals surface area contributed by atoms with Gasteiger partial charge in [0.05, 0.1) is 12.3 Å². The van der Waals surface area contributed by atoms with Crippen molar-refractivity contribution in [1.29, 1.82) is 0 Å². The summed E-state index contributed by atoms with van der Waals surface area (Å²) in [6.07, 6.45) is 1.64. The largest absolute Gasteiger partial charge is 0.457 e. The van der Waals surface area contributed by atoms with E-state index >= 15 is 0 Å². The molecule has 1 atom stereocenters. The fourth-order valence-electron chi connectivity index (χ4n) is 1.33. The Hall–Kier alpha value is -0.580. The lowest BCUT2D eigenvalue weighted by Crippen LogP contribution is -2.10. The predicted molar refractivity (Wildman–Crippen MR) is 61.5 cm³/mol. The SMILES string of the molecule is Cc1cc(C(N)c2ccoc2Br)cs1. The average Bonchev–Trinajstić information content (AvgIpc) is 2.73. The first-order valence-electron chi connectivity index (χ1n) is 4.22. The lowest BCUT2D eigenvalue weighted by atomic mass is 10.1. The quantitative estimate of drug-likeness (QED) is 0.909. The van der Waals surface area contributed by atoms with Crippen molar-refractivity contribution in [3.8, 4) is 0 Å². The summed E-state index contributed by atoms with van der Waals surface area (Å²) in [5.41, 5.74) is 8.21. The van der Waals surface area contributed by atoms with Crippen LogP contribution in [0.2, 0.25) is 0 Å². The molecule has 4 heteroatoms. The molecule has 0 aliphatic carbocycles. The molecule has 0 bridgehead atoms. The summed E-state index contributed by atoms with van der Waals surface area (Å²) < 4.78 is 5.87. The van der Waals surface area contributed by atoms with Gasteiger partial charge < -0.3 is 10.2 Å². The Bertz CT molecular complexity index is 435. The number of furan rings is 1. The van der Waals surface area contributed by atoms with Crippen LogP contribution in [0.3, 0.4) is 0 Å². The Labute approximate surface area is 94.9 Å². The Balaban J connectivity index is 2.33. The van der Waals surface area contributed by atoms with E-state index in [1.807, 2.05) is 6.07 Å². The molecule has 2 heterocycles. The summed E-state index contributed by atoms with van der Waals surface area (Å²) in [5, 5.41) is 2.08. The van der Waals surface area contributed by atoms with Gasteiger partial charge in [-0.1, -0.05) is 0 Å². The van der Waals surface area contributed by atoms with Crippen LogP contribution in [0.25, 0.3) is 0 Å². The third kappa shape index (κ3) is 1.78. The van der Waals surface area contributed by atoms with Crippen molar-refractivity contribution >= 4 is 27.3 Å². The number of rotatable bonds is 2. The van der Waals surface area contributed by atoms with E-state index in [1.54, 1.807) is 17.6 Å². The zero-order valence-corrected chi connectivity index (χ0v) is 10.1. The van der Waals surface area contributed by atoms with E-state index in [2.05, 4.69) is 34.3 Å². The molecular weight excluding hydrogens is 262 g/mol. The number of halogens is 1. The molecule has 0 saturated heterocycles. The van der Waals surface area contributed by atoms with Gasteiger partial charge in [0.15, 0.2) is 4.67 Å². The average molecular weight is 272 g/mol. The van der Waals surface area contributed by atoms with E-state index in [0.29, 0.717) is 4.67 Å². The molecule has 0 aliphatic rings. The van der Waals surface area contributed by atoms with Crippen LogP contribution in [0.4, 0.5) is 0 Å². The topological polar surface area (TPSA) is 39.2 Å². The molecule has 0 spiro atoms. The highest BCUT2D eigenvalue weighted by Crippen LogP contribution is 2.29. The molecule has 2 aromatic rings. The van der Waals surface area contributed by atoms with Gasteiger partial charge in [-0.05, 0) is 45.9 Å². The highest BCUT2D eigenvalue weighted by atomic mass is 79.9. The molecule has 74 valence electrons. The fourth-order valence-corrected chi connectivity index (χ4v) is 2.56. The molecule has 2 rings (SSSR count). The van der Waals surface area contributed by atoms with Gasteiger partial charge in [-0.3, -0.25) is 0 Å². The van der Waals surface area contributed by atoms with Gasteiger partial charge in [-0.15, -0.1) is 11.3 Å². The van der Waals surface area contributed by atoms with Crippen LogP contribution in [-0.2, 0) is 0 Å². The van der Waals surface area contributed by atoms with Gasteiger partial charge in [0, 0.05) is 10.4 Å². The van der Waals surface area contributed by atoms with Crippen molar-refractivity contribution < 1.29 is 4.42 Å². The number of nitrogens with two attached hydrogens (primary N) is 1. The molecule has 1 unspecified atom stereocenters. The summed E-state index contributed by atoms with van der Waals surface area (Å²) in [6.45, 7) is 2.07. The maximum atomic E-state index is 6.09. The summed E-state index contributed by atoms with van der Waals surface area (Å²) in [5.74, 6) is 0. The molecule has 2 N–H and O–H groups in total. The minimum absolute atomic E-state index is 0.104. The molecule has 14 heavy (non-hydrogen) atoms. The molecule has 0 amide bonds. The van der Waals surface area contributed by atoms with Crippen molar-refractivity contribution in [2.24, 2.45) is 5.73 Å². The summed E-state index contributed by atoms with van der Waals surface area (Å²) >= 11 is 5.04. The van der Waals surface area contributed by atoms with E-state index in [0.717, 1.165) is 11.1 Å². The zero-order chi connectivity index (χ0) is 10.1. The van der Waals surface area contributed by atoms with Crippen molar-refractivity contribution in [1.82, 2.24) is 0 Å². The predicted octanol–water partition coefficient (Wildman–Crippen LogP) is 3.46. The molecule has 0 fully saturated rings. The summed E-state index contributed by atoms with van der Waals surface area (Å²) in [7, 11) is 0. The first-order chi connectivity index (χ1) is 6.68. The Morgan fingerprint density at radius 3 is 2.86 bits per heavy atom. The highest BCUT2D eigenvalue weighted by Gasteiger charge is 2.15. The third-order valence-electron chi connectivity index (χ3n) is 2.09. The molecule has 0 aromatic carbocycles.